The van der Waals surface area contributed by atoms with Gasteiger partial charge in [-0.05, 0) is 44.6 Å². The Balaban J connectivity index is 1.23. The number of fused-ring (bicyclic) bond motifs is 1. The number of carbonyl (C=O) groups is 1. The van der Waals surface area contributed by atoms with Crippen molar-refractivity contribution in [2.75, 3.05) is 0 Å². The first-order valence-corrected chi connectivity index (χ1v) is 13.8. The van der Waals surface area contributed by atoms with E-state index >= 15 is 0 Å². The molecule has 5 unspecified atom stereocenters. The predicted molar refractivity (Wildman–Crippen MR) is 132 cm³/mol. The van der Waals surface area contributed by atoms with Crippen LogP contribution in [-0.4, -0.2) is 52.5 Å². The van der Waals surface area contributed by atoms with Crippen LogP contribution in [0.25, 0.3) is 0 Å². The summed E-state index contributed by atoms with van der Waals surface area (Å²) >= 11 is 0. The van der Waals surface area contributed by atoms with E-state index in [0.717, 1.165) is 25.7 Å². The van der Waals surface area contributed by atoms with Crippen LogP contribution in [0, 0.1) is 0 Å². The second-order valence-corrected chi connectivity index (χ2v) is 10.4. The lowest BCUT2D eigenvalue weighted by Gasteiger charge is -2.40. The molecule has 0 bridgehead atoms. The molecule has 0 aliphatic carbocycles. The van der Waals surface area contributed by atoms with Crippen molar-refractivity contribution >= 4 is 5.97 Å². The number of esters is 1. The van der Waals surface area contributed by atoms with Crippen molar-refractivity contribution in [3.05, 3.63) is 24.3 Å². The first-order valence-electron chi connectivity index (χ1n) is 13.8. The highest BCUT2D eigenvalue weighted by atomic mass is 16.7. The van der Waals surface area contributed by atoms with Gasteiger partial charge in [0.15, 0.2) is 5.79 Å². The predicted octanol–water partition coefficient (Wildman–Crippen LogP) is 5.50. The number of allylic oxidation sites excluding steroid dienone is 2. The lowest BCUT2D eigenvalue weighted by molar-refractivity contribution is -0.285. The maximum Gasteiger partial charge on any atom is 0.330 e. The minimum absolute atomic E-state index is 0.254. The van der Waals surface area contributed by atoms with Crippen molar-refractivity contribution in [2.24, 2.45) is 0 Å². The summed E-state index contributed by atoms with van der Waals surface area (Å²) in [5, 5.41) is 21.0. The number of ether oxygens (including phenoxy) is 3. The van der Waals surface area contributed by atoms with Gasteiger partial charge in [-0.15, -0.1) is 0 Å². The molecule has 1 spiro atoms. The molecular weight excluding hydrogens is 432 g/mol. The summed E-state index contributed by atoms with van der Waals surface area (Å²) in [5.74, 6) is -1.29. The Hall–Kier alpha value is -1.21. The first-order chi connectivity index (χ1) is 16.5. The van der Waals surface area contributed by atoms with E-state index in [1.54, 1.807) is 6.08 Å². The van der Waals surface area contributed by atoms with E-state index in [-0.39, 0.29) is 24.3 Å². The van der Waals surface area contributed by atoms with E-state index < -0.39 is 18.0 Å². The fraction of sp³-hybridized carbons (Fsp3) is 0.821. The van der Waals surface area contributed by atoms with E-state index in [4.69, 9.17) is 14.2 Å². The van der Waals surface area contributed by atoms with Crippen LogP contribution in [0.4, 0.5) is 0 Å². The number of unbranched alkanes of at least 4 members (excludes halogenated alkanes) is 9. The van der Waals surface area contributed by atoms with E-state index in [2.05, 4.69) is 19.1 Å². The minimum Gasteiger partial charge on any atom is -0.456 e. The van der Waals surface area contributed by atoms with Crippen LogP contribution < -0.4 is 0 Å². The third-order valence-electron chi connectivity index (χ3n) is 7.23. The van der Waals surface area contributed by atoms with Crippen molar-refractivity contribution in [1.29, 1.82) is 0 Å². The van der Waals surface area contributed by atoms with Crippen LogP contribution >= 0.6 is 0 Å². The molecule has 2 N–H and O–H groups in total. The van der Waals surface area contributed by atoms with Crippen LogP contribution in [0.15, 0.2) is 24.3 Å². The summed E-state index contributed by atoms with van der Waals surface area (Å²) in [6.07, 6.45) is 22.0. The molecule has 2 saturated heterocycles. The molecule has 34 heavy (non-hydrogen) atoms. The van der Waals surface area contributed by atoms with Gasteiger partial charge < -0.3 is 24.4 Å². The zero-order valence-electron chi connectivity index (χ0n) is 21.0. The Labute approximate surface area is 205 Å². The molecule has 2 fully saturated rings. The molecule has 3 aliphatic rings. The van der Waals surface area contributed by atoms with Gasteiger partial charge in [0, 0.05) is 18.9 Å². The zero-order chi connectivity index (χ0) is 24.2. The molecule has 0 aromatic rings. The number of aliphatic hydroxyl groups excluding tert-OH is 2. The molecule has 3 heterocycles. The van der Waals surface area contributed by atoms with Gasteiger partial charge in [-0.3, -0.25) is 0 Å². The number of hydrogen-bond donors (Lipinski definition) is 2. The van der Waals surface area contributed by atoms with E-state index in [1.807, 2.05) is 0 Å². The van der Waals surface area contributed by atoms with Crippen molar-refractivity contribution in [2.45, 2.75) is 146 Å². The standard InChI is InChI=1S/C28H46O6/c1-2-3-4-5-6-7-8-9-10-11-12-13-14-15-22(29)18-24-19-23(30)20-28(33-24)21-26-25(34-28)16-17-27(31)32-26/h3-4,16-17,22-26,29-30H,2,5-15,18-21H2,1H3/b4-3+/t22?,23?,24?,25?,26?,28-/m1/s1. The Bertz CT molecular complexity index is 661. The van der Waals surface area contributed by atoms with Crippen molar-refractivity contribution in [3.63, 3.8) is 0 Å². The van der Waals surface area contributed by atoms with Crippen LogP contribution in [0.1, 0.15) is 110 Å². The fourth-order valence-corrected chi connectivity index (χ4v) is 5.51. The Kier molecular flexibility index (Phi) is 11.6. The SMILES string of the molecule is CC/C=C/CCCCCCCCCCCC(O)CC1CC(O)C[C@@]2(CC3OC(=O)C=CC3O2)O1. The normalized spacial score (nSPS) is 31.8. The average molecular weight is 479 g/mol. The van der Waals surface area contributed by atoms with Gasteiger partial charge in [0.25, 0.3) is 0 Å². The molecule has 0 aromatic heterocycles. The fourth-order valence-electron chi connectivity index (χ4n) is 5.51. The second-order valence-electron chi connectivity index (χ2n) is 10.4. The summed E-state index contributed by atoms with van der Waals surface area (Å²) in [6.45, 7) is 2.18. The summed E-state index contributed by atoms with van der Waals surface area (Å²) < 4.78 is 17.7. The lowest BCUT2D eigenvalue weighted by atomic mass is 9.92. The quantitative estimate of drug-likeness (QED) is 0.184. The van der Waals surface area contributed by atoms with Gasteiger partial charge in [-0.25, -0.2) is 4.79 Å². The van der Waals surface area contributed by atoms with Crippen LogP contribution in [0.5, 0.6) is 0 Å². The summed E-state index contributed by atoms with van der Waals surface area (Å²) in [7, 11) is 0. The maximum absolute atomic E-state index is 11.5. The highest BCUT2D eigenvalue weighted by molar-refractivity contribution is 5.83. The average Bonchev–Trinajstić information content (AvgIpc) is 3.12. The number of aliphatic hydroxyl groups is 2. The Morgan fingerprint density at radius 1 is 1.03 bits per heavy atom. The molecule has 6 nitrogen and oxygen atoms in total. The van der Waals surface area contributed by atoms with Crippen LogP contribution in [-0.2, 0) is 19.0 Å². The molecule has 6 atom stereocenters. The summed E-state index contributed by atoms with van der Waals surface area (Å²) in [4.78, 5) is 11.5. The molecule has 0 amide bonds. The van der Waals surface area contributed by atoms with Gasteiger partial charge >= 0.3 is 5.97 Å². The van der Waals surface area contributed by atoms with Gasteiger partial charge in [0.05, 0.1) is 18.3 Å². The van der Waals surface area contributed by atoms with Crippen LogP contribution in [0.2, 0.25) is 0 Å². The van der Waals surface area contributed by atoms with Gasteiger partial charge in [-0.2, -0.15) is 0 Å². The third-order valence-corrected chi connectivity index (χ3v) is 7.23. The topological polar surface area (TPSA) is 85.2 Å². The van der Waals surface area contributed by atoms with Gasteiger partial charge in [0.2, 0.25) is 0 Å². The van der Waals surface area contributed by atoms with E-state index in [0.29, 0.717) is 25.7 Å². The molecule has 0 saturated carbocycles. The molecule has 0 radical (unpaired) electrons. The maximum atomic E-state index is 11.5. The van der Waals surface area contributed by atoms with Gasteiger partial charge in [-0.1, -0.05) is 70.4 Å². The Morgan fingerprint density at radius 2 is 1.74 bits per heavy atom. The molecule has 3 aliphatic heterocycles. The largest absolute Gasteiger partial charge is 0.456 e. The first kappa shape index (κ1) is 27.4. The van der Waals surface area contributed by atoms with Gasteiger partial charge in [0.1, 0.15) is 12.2 Å². The Morgan fingerprint density at radius 3 is 2.47 bits per heavy atom. The minimum atomic E-state index is -0.932. The highest BCUT2D eigenvalue weighted by Gasteiger charge is 2.53. The molecule has 194 valence electrons. The monoisotopic (exact) mass is 478 g/mol. The number of carbonyl (C=O) groups excluding carboxylic acids is 1. The van der Waals surface area contributed by atoms with E-state index in [1.165, 1.54) is 57.4 Å². The van der Waals surface area contributed by atoms with Crippen molar-refractivity contribution in [3.8, 4) is 0 Å². The summed E-state index contributed by atoms with van der Waals surface area (Å²) in [6, 6.07) is 0. The van der Waals surface area contributed by atoms with Crippen molar-refractivity contribution in [1.82, 2.24) is 0 Å². The van der Waals surface area contributed by atoms with E-state index in [9.17, 15) is 15.0 Å². The number of hydrogen-bond acceptors (Lipinski definition) is 6. The molecule has 6 heteroatoms. The molecule has 0 aromatic carbocycles. The third kappa shape index (κ3) is 9.10. The number of rotatable bonds is 15. The highest BCUT2D eigenvalue weighted by Crippen LogP contribution is 2.44. The smallest absolute Gasteiger partial charge is 0.330 e. The second kappa shape index (κ2) is 14.4. The van der Waals surface area contributed by atoms with Crippen LogP contribution in [0.3, 0.4) is 0 Å². The summed E-state index contributed by atoms with van der Waals surface area (Å²) in [5.41, 5.74) is 0. The van der Waals surface area contributed by atoms with Crippen molar-refractivity contribution < 1.29 is 29.2 Å². The lowest BCUT2D eigenvalue weighted by Crippen LogP contribution is -2.47. The molecule has 3 rings (SSSR count). The molecular formula is C28H46O6. The zero-order valence-corrected chi connectivity index (χ0v) is 21.0.